The lowest BCUT2D eigenvalue weighted by atomic mass is 10.1. The predicted molar refractivity (Wildman–Crippen MR) is 140 cm³/mol. The van der Waals surface area contributed by atoms with Crippen molar-refractivity contribution in [2.45, 2.75) is 26.4 Å². The van der Waals surface area contributed by atoms with Gasteiger partial charge < -0.3 is 10.2 Å². The highest BCUT2D eigenvalue weighted by Gasteiger charge is 2.26. The molecule has 0 saturated heterocycles. The van der Waals surface area contributed by atoms with Crippen LogP contribution < -0.4 is 5.32 Å². The molecule has 11 heteroatoms. The van der Waals surface area contributed by atoms with Gasteiger partial charge in [-0.1, -0.05) is 78.8 Å². The van der Waals surface area contributed by atoms with Crippen LogP contribution in [0.3, 0.4) is 0 Å². The lowest BCUT2D eigenvalue weighted by Crippen LogP contribution is -2.33. The molecule has 188 valence electrons. The minimum atomic E-state index is -1.24. The molecule has 0 unspecified atom stereocenters. The van der Waals surface area contributed by atoms with Crippen LogP contribution in [0.15, 0.2) is 65.8 Å². The summed E-state index contributed by atoms with van der Waals surface area (Å²) >= 11 is 15.9. The SMILES string of the molecule is CCCC(=NOCc1ccc(NC(=O)N(S)C(=O)c2c(F)cccc2F)cc1)c1ccc(Cl)c(Cl)c1. The molecule has 0 atom stereocenters. The number of carbonyl (C=O) groups is 2. The van der Waals surface area contributed by atoms with Crippen LogP contribution in [-0.2, 0) is 11.4 Å². The second-order valence-corrected chi connectivity index (χ2v) is 8.75. The van der Waals surface area contributed by atoms with E-state index >= 15 is 0 Å². The highest BCUT2D eigenvalue weighted by Crippen LogP contribution is 2.24. The van der Waals surface area contributed by atoms with E-state index in [9.17, 15) is 18.4 Å². The van der Waals surface area contributed by atoms with Gasteiger partial charge in [-0.2, -0.15) is 0 Å². The summed E-state index contributed by atoms with van der Waals surface area (Å²) in [5, 5.41) is 7.55. The first-order chi connectivity index (χ1) is 17.2. The maximum atomic E-state index is 13.8. The zero-order valence-corrected chi connectivity index (χ0v) is 21.4. The number of amides is 3. The van der Waals surface area contributed by atoms with E-state index in [2.05, 4.69) is 23.3 Å². The Morgan fingerprint density at radius 3 is 2.31 bits per heavy atom. The Kier molecular flexibility index (Phi) is 9.69. The van der Waals surface area contributed by atoms with E-state index in [0.29, 0.717) is 26.5 Å². The number of thiol groups is 1. The van der Waals surface area contributed by atoms with Crippen LogP contribution in [0.4, 0.5) is 19.3 Å². The van der Waals surface area contributed by atoms with Crippen LogP contribution in [-0.4, -0.2) is 22.0 Å². The molecule has 0 aliphatic heterocycles. The Morgan fingerprint density at radius 2 is 1.69 bits per heavy atom. The normalized spacial score (nSPS) is 11.2. The van der Waals surface area contributed by atoms with Crippen molar-refractivity contribution >= 4 is 59.4 Å². The Hall–Kier alpha value is -3.14. The number of rotatable bonds is 8. The Labute approximate surface area is 222 Å². The van der Waals surface area contributed by atoms with Crippen LogP contribution in [0.5, 0.6) is 0 Å². The maximum Gasteiger partial charge on any atom is 0.338 e. The number of oxime groups is 1. The summed E-state index contributed by atoms with van der Waals surface area (Å²) in [5.41, 5.74) is 1.75. The van der Waals surface area contributed by atoms with Gasteiger partial charge in [0.15, 0.2) is 0 Å². The van der Waals surface area contributed by atoms with Gasteiger partial charge >= 0.3 is 6.03 Å². The largest absolute Gasteiger partial charge is 0.391 e. The van der Waals surface area contributed by atoms with Gasteiger partial charge in [0.2, 0.25) is 0 Å². The quantitative estimate of drug-likeness (QED) is 0.173. The number of benzene rings is 3. The van der Waals surface area contributed by atoms with Gasteiger partial charge in [0.1, 0.15) is 23.8 Å². The van der Waals surface area contributed by atoms with Crippen LogP contribution in [0.1, 0.15) is 41.3 Å². The van der Waals surface area contributed by atoms with Gasteiger partial charge in [-0.25, -0.2) is 17.9 Å². The molecule has 3 aromatic rings. The van der Waals surface area contributed by atoms with E-state index in [4.69, 9.17) is 28.0 Å². The van der Waals surface area contributed by atoms with E-state index in [1.165, 1.54) is 0 Å². The summed E-state index contributed by atoms with van der Waals surface area (Å²) in [7, 11) is 0. The smallest absolute Gasteiger partial charge is 0.338 e. The van der Waals surface area contributed by atoms with Crippen molar-refractivity contribution in [3.8, 4) is 0 Å². The second-order valence-electron chi connectivity index (χ2n) is 7.53. The Balaban J connectivity index is 1.60. The van der Waals surface area contributed by atoms with Crippen molar-refractivity contribution in [1.82, 2.24) is 4.31 Å². The number of nitrogens with one attached hydrogen (secondary N) is 1. The Morgan fingerprint density at radius 1 is 1.03 bits per heavy atom. The topological polar surface area (TPSA) is 71.0 Å². The molecule has 1 N–H and O–H groups in total. The molecule has 3 amide bonds. The third-order valence-electron chi connectivity index (χ3n) is 4.91. The molecule has 0 fully saturated rings. The number of carbonyl (C=O) groups excluding carboxylic acids is 2. The average Bonchev–Trinajstić information content (AvgIpc) is 2.85. The summed E-state index contributed by atoms with van der Waals surface area (Å²) < 4.78 is 28.0. The fourth-order valence-electron chi connectivity index (χ4n) is 3.10. The number of urea groups is 1. The van der Waals surface area contributed by atoms with E-state index in [1.807, 2.05) is 13.0 Å². The number of hydrogen-bond acceptors (Lipinski definition) is 5. The number of imide groups is 1. The molecular weight excluding hydrogens is 531 g/mol. The van der Waals surface area contributed by atoms with Gasteiger partial charge in [0.25, 0.3) is 5.91 Å². The van der Waals surface area contributed by atoms with Crippen LogP contribution in [0.2, 0.25) is 10.0 Å². The van der Waals surface area contributed by atoms with Gasteiger partial charge in [0, 0.05) is 11.3 Å². The van der Waals surface area contributed by atoms with Crippen molar-refractivity contribution in [2.24, 2.45) is 5.16 Å². The molecular formula is C25H21Cl2F2N3O3S. The average molecular weight is 552 g/mol. The summed E-state index contributed by atoms with van der Waals surface area (Å²) in [5.74, 6) is -3.43. The van der Waals surface area contributed by atoms with Gasteiger partial charge in [-0.15, -0.1) is 0 Å². The van der Waals surface area contributed by atoms with Crippen molar-refractivity contribution in [3.63, 3.8) is 0 Å². The minimum absolute atomic E-state index is 0.159. The minimum Gasteiger partial charge on any atom is -0.391 e. The number of halogens is 4. The predicted octanol–water partition coefficient (Wildman–Crippen LogP) is 7.51. The van der Waals surface area contributed by atoms with E-state index in [1.54, 1.807) is 36.4 Å². The molecule has 0 aliphatic carbocycles. The number of nitrogens with zero attached hydrogens (tertiary/aromatic N) is 2. The molecule has 0 saturated carbocycles. The number of hydrogen-bond donors (Lipinski definition) is 2. The molecule has 0 aliphatic rings. The third kappa shape index (κ3) is 6.96. The molecule has 0 heterocycles. The van der Waals surface area contributed by atoms with Gasteiger partial charge in [-0.3, -0.25) is 4.79 Å². The molecule has 3 rings (SSSR count). The zero-order valence-electron chi connectivity index (χ0n) is 19.0. The van der Waals surface area contributed by atoms with E-state index in [0.717, 1.165) is 41.5 Å². The van der Waals surface area contributed by atoms with Crippen LogP contribution in [0, 0.1) is 11.6 Å². The van der Waals surface area contributed by atoms with Crippen molar-refractivity contribution in [2.75, 3.05) is 5.32 Å². The lowest BCUT2D eigenvalue weighted by molar-refractivity contribution is 0.0893. The first kappa shape index (κ1) is 27.4. The standard InChI is InChI=1S/C25H21Cl2F2N3O3S/c1-2-4-22(16-9-12-18(26)19(27)13-16)31-35-14-15-7-10-17(11-8-15)30-25(34)32(36)24(33)23-20(28)5-3-6-21(23)29/h3,5-13,36H,2,4,14H2,1H3,(H,30,34). The summed E-state index contributed by atoms with van der Waals surface area (Å²) in [6.45, 7) is 2.18. The lowest BCUT2D eigenvalue weighted by Gasteiger charge is -2.16. The van der Waals surface area contributed by atoms with Crippen molar-refractivity contribution < 1.29 is 23.2 Å². The van der Waals surface area contributed by atoms with Crippen molar-refractivity contribution in [3.05, 3.63) is 99.0 Å². The second kappa shape index (κ2) is 12.7. The van der Waals surface area contributed by atoms with Gasteiger partial charge in [-0.05, 0) is 48.4 Å². The fraction of sp³-hybridized carbons (Fsp3) is 0.160. The highest BCUT2D eigenvalue weighted by molar-refractivity contribution is 7.79. The molecule has 0 bridgehead atoms. The Bertz CT molecular complexity index is 1270. The summed E-state index contributed by atoms with van der Waals surface area (Å²) in [4.78, 5) is 30.1. The molecule has 6 nitrogen and oxygen atoms in total. The van der Waals surface area contributed by atoms with Crippen molar-refractivity contribution in [1.29, 1.82) is 0 Å². The summed E-state index contributed by atoms with van der Waals surface area (Å²) in [6.07, 6.45) is 1.53. The van der Waals surface area contributed by atoms with Gasteiger partial charge in [0.05, 0.1) is 15.8 Å². The van der Waals surface area contributed by atoms with E-state index in [-0.39, 0.29) is 6.61 Å². The first-order valence-electron chi connectivity index (χ1n) is 10.7. The monoisotopic (exact) mass is 551 g/mol. The highest BCUT2D eigenvalue weighted by atomic mass is 35.5. The van der Waals surface area contributed by atoms with Crippen LogP contribution in [0.25, 0.3) is 0 Å². The maximum absolute atomic E-state index is 13.8. The van der Waals surface area contributed by atoms with Crippen LogP contribution >= 0.6 is 36.0 Å². The molecule has 0 radical (unpaired) electrons. The first-order valence-corrected chi connectivity index (χ1v) is 11.9. The van der Waals surface area contributed by atoms with E-state index < -0.39 is 29.1 Å². The zero-order chi connectivity index (χ0) is 26.2. The third-order valence-corrected chi connectivity index (χ3v) is 6.01. The summed E-state index contributed by atoms with van der Waals surface area (Å²) in [6, 6.07) is 13.7. The molecule has 3 aromatic carbocycles. The fourth-order valence-corrected chi connectivity index (χ4v) is 3.55. The molecule has 0 aromatic heterocycles. The molecule has 36 heavy (non-hydrogen) atoms. The number of anilines is 1. The molecule has 0 spiro atoms.